The van der Waals surface area contributed by atoms with Gasteiger partial charge in [-0.3, -0.25) is 9.80 Å². The number of imidazole rings is 1. The van der Waals surface area contributed by atoms with Crippen LogP contribution in [0.1, 0.15) is 25.8 Å². The number of hydrogen-bond donors (Lipinski definition) is 0. The van der Waals surface area contributed by atoms with Crippen LogP contribution in [0, 0.1) is 11.7 Å². The molecule has 136 valence electrons. The second-order valence-electron chi connectivity index (χ2n) is 7.36. The molecule has 1 atom stereocenters. The van der Waals surface area contributed by atoms with Gasteiger partial charge in [-0.2, -0.15) is 0 Å². The van der Waals surface area contributed by atoms with Gasteiger partial charge in [0.15, 0.2) is 0 Å². The molecule has 0 aliphatic carbocycles. The second-order valence-corrected chi connectivity index (χ2v) is 7.36. The Balaban J connectivity index is 1.62. The molecular formula is C20H29FN4. The number of halogens is 1. The van der Waals surface area contributed by atoms with Crippen molar-refractivity contribution in [3.63, 3.8) is 0 Å². The molecule has 2 aromatic rings. The lowest BCUT2D eigenvalue weighted by atomic mass is 10.0. The fourth-order valence-corrected chi connectivity index (χ4v) is 3.67. The smallest absolute Gasteiger partial charge is 0.123 e. The molecule has 1 aromatic carbocycles. The molecule has 0 radical (unpaired) electrons. The molecule has 25 heavy (non-hydrogen) atoms. The largest absolute Gasteiger partial charge is 0.336 e. The monoisotopic (exact) mass is 344 g/mol. The van der Waals surface area contributed by atoms with Gasteiger partial charge in [-0.25, -0.2) is 9.37 Å². The van der Waals surface area contributed by atoms with Crippen molar-refractivity contribution < 1.29 is 4.39 Å². The average molecular weight is 344 g/mol. The van der Waals surface area contributed by atoms with Crippen LogP contribution in [0.2, 0.25) is 0 Å². The summed E-state index contributed by atoms with van der Waals surface area (Å²) in [6.45, 7) is 10.9. The second kappa shape index (κ2) is 8.59. The zero-order valence-corrected chi connectivity index (χ0v) is 15.3. The van der Waals surface area contributed by atoms with Crippen molar-refractivity contribution in [2.45, 2.75) is 39.4 Å². The van der Waals surface area contributed by atoms with E-state index in [-0.39, 0.29) is 5.82 Å². The summed E-state index contributed by atoms with van der Waals surface area (Å²) in [5.74, 6) is 0.431. The summed E-state index contributed by atoms with van der Waals surface area (Å²) in [6.07, 6.45) is 6.93. The highest BCUT2D eigenvalue weighted by atomic mass is 19.1. The van der Waals surface area contributed by atoms with Crippen molar-refractivity contribution in [2.75, 3.05) is 26.2 Å². The molecule has 4 nitrogen and oxygen atoms in total. The summed E-state index contributed by atoms with van der Waals surface area (Å²) in [4.78, 5) is 9.28. The molecule has 0 saturated carbocycles. The minimum atomic E-state index is -0.161. The van der Waals surface area contributed by atoms with Crippen molar-refractivity contribution in [1.29, 1.82) is 0 Å². The van der Waals surface area contributed by atoms with E-state index in [0.29, 0.717) is 12.0 Å². The lowest BCUT2D eigenvalue weighted by Gasteiger charge is -2.34. The predicted molar refractivity (Wildman–Crippen MR) is 98.7 cm³/mol. The Hall–Kier alpha value is -1.72. The maximum atomic E-state index is 13.2. The van der Waals surface area contributed by atoms with Crippen LogP contribution in [0.15, 0.2) is 43.0 Å². The normalized spacial score (nSPS) is 20.1. The lowest BCUT2D eigenvalue weighted by Crippen LogP contribution is -2.44. The van der Waals surface area contributed by atoms with Crippen LogP contribution < -0.4 is 0 Å². The molecule has 0 spiro atoms. The molecule has 1 saturated heterocycles. The van der Waals surface area contributed by atoms with Gasteiger partial charge >= 0.3 is 0 Å². The Morgan fingerprint density at radius 1 is 1.16 bits per heavy atom. The first kappa shape index (κ1) is 18.1. The van der Waals surface area contributed by atoms with Gasteiger partial charge in [0.1, 0.15) is 5.82 Å². The third-order valence-electron chi connectivity index (χ3n) is 5.14. The van der Waals surface area contributed by atoms with Crippen LogP contribution in [0.5, 0.6) is 0 Å². The molecular weight excluding hydrogens is 315 g/mol. The van der Waals surface area contributed by atoms with E-state index >= 15 is 0 Å². The highest BCUT2D eigenvalue weighted by Crippen LogP contribution is 2.20. The number of rotatable bonds is 6. The van der Waals surface area contributed by atoms with E-state index in [2.05, 4.69) is 33.2 Å². The van der Waals surface area contributed by atoms with Crippen molar-refractivity contribution in [3.8, 4) is 0 Å². The first-order valence-electron chi connectivity index (χ1n) is 9.28. The molecule has 0 unspecified atom stereocenters. The number of aromatic nitrogens is 2. The topological polar surface area (TPSA) is 24.3 Å². The molecule has 0 amide bonds. The lowest BCUT2D eigenvalue weighted by molar-refractivity contribution is 0.131. The summed E-state index contributed by atoms with van der Waals surface area (Å²) < 4.78 is 15.3. The third kappa shape index (κ3) is 5.13. The van der Waals surface area contributed by atoms with Gasteiger partial charge in [-0.15, -0.1) is 0 Å². The molecule has 3 rings (SSSR count). The molecule has 0 bridgehead atoms. The standard InChI is InChI=1S/C20H29FN4/c1-17(2)20-15-23(12-13-24-11-8-22-16-24)9-3-10-25(20)14-18-4-6-19(21)7-5-18/h4-8,11,16-17,20H,3,9-10,12-15H2,1-2H3/t20-/m0/s1. The quantitative estimate of drug-likeness (QED) is 0.804. The summed E-state index contributed by atoms with van der Waals surface area (Å²) in [6, 6.07) is 7.47. The van der Waals surface area contributed by atoms with Gasteiger partial charge in [0.2, 0.25) is 0 Å². The molecule has 1 fully saturated rings. The Labute approximate surface area is 150 Å². The van der Waals surface area contributed by atoms with E-state index in [1.165, 1.54) is 12.0 Å². The number of benzene rings is 1. The minimum absolute atomic E-state index is 0.161. The van der Waals surface area contributed by atoms with Crippen molar-refractivity contribution in [3.05, 3.63) is 54.4 Å². The Morgan fingerprint density at radius 3 is 2.64 bits per heavy atom. The summed E-state index contributed by atoms with van der Waals surface area (Å²) >= 11 is 0. The van der Waals surface area contributed by atoms with Gasteiger partial charge < -0.3 is 4.57 Å². The predicted octanol–water partition coefficient (Wildman–Crippen LogP) is 3.25. The molecule has 1 aliphatic rings. The van der Waals surface area contributed by atoms with E-state index in [1.807, 2.05) is 30.9 Å². The van der Waals surface area contributed by atoms with Crippen LogP contribution in [-0.4, -0.2) is 51.6 Å². The maximum Gasteiger partial charge on any atom is 0.123 e. The first-order valence-corrected chi connectivity index (χ1v) is 9.28. The Morgan fingerprint density at radius 2 is 1.96 bits per heavy atom. The summed E-state index contributed by atoms with van der Waals surface area (Å²) in [7, 11) is 0. The van der Waals surface area contributed by atoms with Crippen molar-refractivity contribution in [2.24, 2.45) is 5.92 Å². The molecule has 0 N–H and O–H groups in total. The van der Waals surface area contributed by atoms with Gasteiger partial charge in [-0.1, -0.05) is 26.0 Å². The molecule has 1 aliphatic heterocycles. The van der Waals surface area contributed by atoms with Gasteiger partial charge in [0, 0.05) is 51.2 Å². The highest BCUT2D eigenvalue weighted by molar-refractivity contribution is 5.16. The van der Waals surface area contributed by atoms with Gasteiger partial charge in [-0.05, 0) is 36.6 Å². The zero-order chi connectivity index (χ0) is 17.6. The average Bonchev–Trinajstić information content (AvgIpc) is 3.03. The fourth-order valence-electron chi connectivity index (χ4n) is 3.67. The van der Waals surface area contributed by atoms with E-state index in [0.717, 1.165) is 39.3 Å². The maximum absolute atomic E-state index is 13.2. The van der Waals surface area contributed by atoms with Crippen molar-refractivity contribution >= 4 is 0 Å². The van der Waals surface area contributed by atoms with E-state index in [1.54, 1.807) is 12.1 Å². The van der Waals surface area contributed by atoms with E-state index in [4.69, 9.17) is 0 Å². The zero-order valence-electron chi connectivity index (χ0n) is 15.3. The van der Waals surface area contributed by atoms with Crippen LogP contribution in [-0.2, 0) is 13.1 Å². The van der Waals surface area contributed by atoms with Crippen LogP contribution in [0.3, 0.4) is 0 Å². The molecule has 5 heteroatoms. The number of nitrogens with zero attached hydrogens (tertiary/aromatic N) is 4. The number of hydrogen-bond acceptors (Lipinski definition) is 3. The van der Waals surface area contributed by atoms with Gasteiger partial charge in [0.25, 0.3) is 0 Å². The summed E-state index contributed by atoms with van der Waals surface area (Å²) in [5.41, 5.74) is 1.19. The first-order chi connectivity index (χ1) is 12.1. The molecule has 1 aromatic heterocycles. The van der Waals surface area contributed by atoms with E-state index in [9.17, 15) is 4.39 Å². The SMILES string of the molecule is CC(C)[C@@H]1CN(CCn2ccnc2)CCCN1Cc1ccc(F)cc1. The van der Waals surface area contributed by atoms with Crippen LogP contribution >= 0.6 is 0 Å². The Kier molecular flexibility index (Phi) is 6.21. The minimum Gasteiger partial charge on any atom is -0.336 e. The molecule has 2 heterocycles. The van der Waals surface area contributed by atoms with Crippen molar-refractivity contribution in [1.82, 2.24) is 19.4 Å². The highest BCUT2D eigenvalue weighted by Gasteiger charge is 2.27. The van der Waals surface area contributed by atoms with Crippen LogP contribution in [0.25, 0.3) is 0 Å². The third-order valence-corrected chi connectivity index (χ3v) is 5.14. The van der Waals surface area contributed by atoms with Gasteiger partial charge in [0.05, 0.1) is 6.33 Å². The van der Waals surface area contributed by atoms with Crippen LogP contribution in [0.4, 0.5) is 4.39 Å². The fraction of sp³-hybridized carbons (Fsp3) is 0.550. The summed E-state index contributed by atoms with van der Waals surface area (Å²) in [5, 5.41) is 0. The van der Waals surface area contributed by atoms with E-state index < -0.39 is 0 Å². The Bertz CT molecular complexity index is 624.